The molecular weight excluding hydrogens is 298 g/mol. The van der Waals surface area contributed by atoms with Gasteiger partial charge in [-0.3, -0.25) is 0 Å². The molecule has 0 aromatic heterocycles. The summed E-state index contributed by atoms with van der Waals surface area (Å²) in [6.07, 6.45) is 8.06. The van der Waals surface area contributed by atoms with Gasteiger partial charge in [-0.15, -0.1) is 0 Å². The van der Waals surface area contributed by atoms with Gasteiger partial charge in [-0.1, -0.05) is 18.9 Å². The SMILES string of the molecule is CN(C)CCOc1cccc(NC2CCCC2C2CCCCN2)c1. The van der Waals surface area contributed by atoms with E-state index in [9.17, 15) is 0 Å². The monoisotopic (exact) mass is 331 g/mol. The molecule has 0 spiro atoms. The molecule has 1 heterocycles. The Morgan fingerprint density at radius 1 is 1.17 bits per heavy atom. The first kappa shape index (κ1) is 17.6. The second-order valence-corrected chi connectivity index (χ2v) is 7.58. The van der Waals surface area contributed by atoms with Crippen molar-refractivity contribution in [1.29, 1.82) is 0 Å². The summed E-state index contributed by atoms with van der Waals surface area (Å²) in [4.78, 5) is 2.14. The van der Waals surface area contributed by atoms with Crippen LogP contribution in [0.25, 0.3) is 0 Å². The molecular formula is C20H33N3O. The minimum Gasteiger partial charge on any atom is -0.492 e. The second-order valence-electron chi connectivity index (χ2n) is 7.58. The third-order valence-electron chi connectivity index (χ3n) is 5.43. The number of anilines is 1. The van der Waals surface area contributed by atoms with Crippen LogP contribution in [0, 0.1) is 5.92 Å². The number of benzene rings is 1. The Morgan fingerprint density at radius 2 is 2.08 bits per heavy atom. The minimum atomic E-state index is 0.595. The predicted molar refractivity (Wildman–Crippen MR) is 101 cm³/mol. The fourth-order valence-corrected chi connectivity index (χ4v) is 4.13. The number of ether oxygens (including phenoxy) is 1. The molecule has 0 bridgehead atoms. The summed E-state index contributed by atoms with van der Waals surface area (Å²) in [6, 6.07) is 9.77. The van der Waals surface area contributed by atoms with Crippen LogP contribution in [0.3, 0.4) is 0 Å². The molecule has 1 aromatic carbocycles. The Kier molecular flexibility index (Phi) is 6.38. The first-order valence-corrected chi connectivity index (χ1v) is 9.60. The van der Waals surface area contributed by atoms with Crippen LogP contribution in [0.15, 0.2) is 24.3 Å². The van der Waals surface area contributed by atoms with Gasteiger partial charge in [-0.05, 0) is 64.4 Å². The molecule has 3 unspecified atom stereocenters. The molecule has 0 radical (unpaired) electrons. The largest absolute Gasteiger partial charge is 0.492 e. The zero-order valence-electron chi connectivity index (χ0n) is 15.3. The highest BCUT2D eigenvalue weighted by atomic mass is 16.5. The van der Waals surface area contributed by atoms with Crippen LogP contribution in [-0.2, 0) is 0 Å². The highest BCUT2D eigenvalue weighted by Crippen LogP contribution is 2.34. The number of piperidine rings is 1. The van der Waals surface area contributed by atoms with Crippen LogP contribution in [0.1, 0.15) is 38.5 Å². The van der Waals surface area contributed by atoms with Gasteiger partial charge in [0.25, 0.3) is 0 Å². The van der Waals surface area contributed by atoms with Gasteiger partial charge in [0.2, 0.25) is 0 Å². The van der Waals surface area contributed by atoms with E-state index in [4.69, 9.17) is 4.74 Å². The number of likely N-dealkylation sites (N-methyl/N-ethyl adjacent to an activating group) is 1. The molecule has 1 aromatic rings. The van der Waals surface area contributed by atoms with Gasteiger partial charge in [0, 0.05) is 30.4 Å². The molecule has 1 aliphatic heterocycles. The molecule has 0 amide bonds. The summed E-state index contributed by atoms with van der Waals surface area (Å²) in [5, 5.41) is 7.55. The van der Waals surface area contributed by atoms with Crippen molar-refractivity contribution < 1.29 is 4.74 Å². The van der Waals surface area contributed by atoms with Gasteiger partial charge in [0.05, 0.1) is 0 Å². The number of rotatable bonds is 7. The third kappa shape index (κ3) is 4.87. The topological polar surface area (TPSA) is 36.5 Å². The lowest BCUT2D eigenvalue weighted by atomic mass is 9.88. The van der Waals surface area contributed by atoms with Crippen LogP contribution in [-0.4, -0.2) is 50.8 Å². The van der Waals surface area contributed by atoms with Crippen molar-refractivity contribution >= 4 is 5.69 Å². The van der Waals surface area contributed by atoms with Crippen molar-refractivity contribution in [3.05, 3.63) is 24.3 Å². The van der Waals surface area contributed by atoms with Gasteiger partial charge in [-0.25, -0.2) is 0 Å². The van der Waals surface area contributed by atoms with E-state index in [1.165, 1.54) is 50.8 Å². The fourth-order valence-electron chi connectivity index (χ4n) is 4.13. The zero-order chi connectivity index (χ0) is 16.8. The summed E-state index contributed by atoms with van der Waals surface area (Å²) in [5.74, 6) is 1.73. The molecule has 3 atom stereocenters. The maximum absolute atomic E-state index is 5.87. The van der Waals surface area contributed by atoms with Crippen LogP contribution in [0.4, 0.5) is 5.69 Å². The molecule has 4 nitrogen and oxygen atoms in total. The third-order valence-corrected chi connectivity index (χ3v) is 5.43. The molecule has 4 heteroatoms. The van der Waals surface area contributed by atoms with Gasteiger partial charge >= 0.3 is 0 Å². The number of hydrogen-bond donors (Lipinski definition) is 2. The highest BCUT2D eigenvalue weighted by molar-refractivity contribution is 5.49. The summed E-state index contributed by atoms with van der Waals surface area (Å²) in [6.45, 7) is 2.87. The van der Waals surface area contributed by atoms with Gasteiger partial charge in [0.15, 0.2) is 0 Å². The van der Waals surface area contributed by atoms with E-state index >= 15 is 0 Å². The smallest absolute Gasteiger partial charge is 0.121 e. The molecule has 2 fully saturated rings. The second kappa shape index (κ2) is 8.72. The van der Waals surface area contributed by atoms with Gasteiger partial charge in [-0.2, -0.15) is 0 Å². The predicted octanol–water partition coefficient (Wildman–Crippen LogP) is 3.35. The summed E-state index contributed by atoms with van der Waals surface area (Å²) in [5.41, 5.74) is 1.20. The molecule has 3 rings (SSSR count). The lowest BCUT2D eigenvalue weighted by molar-refractivity contribution is 0.261. The van der Waals surface area contributed by atoms with Crippen LogP contribution >= 0.6 is 0 Å². The van der Waals surface area contributed by atoms with Crippen molar-refractivity contribution in [2.24, 2.45) is 5.92 Å². The van der Waals surface area contributed by atoms with Crippen molar-refractivity contribution in [3.8, 4) is 5.75 Å². The molecule has 2 N–H and O–H groups in total. The van der Waals surface area contributed by atoms with Crippen LogP contribution in [0.5, 0.6) is 5.75 Å². The van der Waals surface area contributed by atoms with Crippen molar-refractivity contribution in [2.75, 3.05) is 39.1 Å². The van der Waals surface area contributed by atoms with Gasteiger partial charge in [0.1, 0.15) is 12.4 Å². The summed E-state index contributed by atoms with van der Waals surface area (Å²) in [7, 11) is 4.14. The summed E-state index contributed by atoms with van der Waals surface area (Å²) < 4.78 is 5.87. The first-order chi connectivity index (χ1) is 11.7. The standard InChI is InChI=1S/C20H33N3O/c1-23(2)13-14-24-17-8-5-7-16(15-17)22-20-11-6-9-18(20)19-10-3-4-12-21-19/h5,7-8,15,18-22H,3-4,6,9-14H2,1-2H3. The highest BCUT2D eigenvalue weighted by Gasteiger charge is 2.34. The van der Waals surface area contributed by atoms with E-state index in [-0.39, 0.29) is 0 Å². The molecule has 1 aliphatic carbocycles. The Balaban J connectivity index is 1.56. The molecule has 134 valence electrons. The van der Waals surface area contributed by atoms with Crippen molar-refractivity contribution in [2.45, 2.75) is 50.6 Å². The molecule has 1 saturated heterocycles. The summed E-state index contributed by atoms with van der Waals surface area (Å²) >= 11 is 0. The maximum atomic E-state index is 5.87. The van der Waals surface area contributed by atoms with Crippen molar-refractivity contribution in [1.82, 2.24) is 10.2 Å². The number of nitrogens with one attached hydrogen (secondary N) is 2. The average molecular weight is 332 g/mol. The van der Waals surface area contributed by atoms with E-state index in [2.05, 4.69) is 53.9 Å². The quantitative estimate of drug-likeness (QED) is 0.803. The van der Waals surface area contributed by atoms with E-state index in [1.807, 2.05) is 0 Å². The van der Waals surface area contributed by atoms with E-state index < -0.39 is 0 Å². The Labute approximate surface area is 147 Å². The van der Waals surface area contributed by atoms with Crippen LogP contribution in [0.2, 0.25) is 0 Å². The minimum absolute atomic E-state index is 0.595. The van der Waals surface area contributed by atoms with Crippen molar-refractivity contribution in [3.63, 3.8) is 0 Å². The van der Waals surface area contributed by atoms with E-state index in [0.29, 0.717) is 12.1 Å². The van der Waals surface area contributed by atoms with Crippen LogP contribution < -0.4 is 15.4 Å². The first-order valence-electron chi connectivity index (χ1n) is 9.60. The number of nitrogens with zero attached hydrogens (tertiary/aromatic N) is 1. The lowest BCUT2D eigenvalue weighted by Gasteiger charge is -2.33. The van der Waals surface area contributed by atoms with E-state index in [0.717, 1.165) is 24.8 Å². The Hall–Kier alpha value is -1.26. The average Bonchev–Trinajstić information content (AvgIpc) is 3.04. The molecule has 1 saturated carbocycles. The molecule has 24 heavy (non-hydrogen) atoms. The van der Waals surface area contributed by atoms with E-state index in [1.54, 1.807) is 0 Å². The Bertz CT molecular complexity index is 499. The fraction of sp³-hybridized carbons (Fsp3) is 0.700. The normalized spacial score (nSPS) is 27.4. The zero-order valence-corrected chi connectivity index (χ0v) is 15.3. The molecule has 2 aliphatic rings. The Morgan fingerprint density at radius 3 is 2.88 bits per heavy atom. The van der Waals surface area contributed by atoms with Gasteiger partial charge < -0.3 is 20.3 Å². The maximum Gasteiger partial charge on any atom is 0.121 e. The lowest BCUT2D eigenvalue weighted by Crippen LogP contribution is -2.44. The number of hydrogen-bond acceptors (Lipinski definition) is 4.